The Morgan fingerprint density at radius 3 is 2.36 bits per heavy atom. The maximum atomic E-state index is 13.0. The molecule has 0 saturated heterocycles. The van der Waals surface area contributed by atoms with Gasteiger partial charge in [0, 0.05) is 0 Å². The Kier molecular flexibility index (Phi) is 4.98. The summed E-state index contributed by atoms with van der Waals surface area (Å²) in [7, 11) is 0. The molecule has 0 spiro atoms. The number of hydrogen-bond donors (Lipinski definition) is 1. The first-order valence-corrected chi connectivity index (χ1v) is 8.24. The molecule has 0 aliphatic rings. The molecule has 0 aliphatic carbocycles. The zero-order valence-corrected chi connectivity index (χ0v) is 14.2. The van der Waals surface area contributed by atoms with Crippen LogP contribution in [0.1, 0.15) is 25.5 Å². The molecule has 3 rings (SSSR count). The van der Waals surface area contributed by atoms with E-state index in [4.69, 9.17) is 4.74 Å². The van der Waals surface area contributed by atoms with Gasteiger partial charge in [-0.2, -0.15) is 0 Å². The van der Waals surface area contributed by atoms with Crippen LogP contribution < -0.4 is 10.1 Å². The first-order valence-electron chi connectivity index (χ1n) is 8.24. The number of halogens is 1. The monoisotopic (exact) mass is 337 g/mol. The Morgan fingerprint density at radius 2 is 1.64 bits per heavy atom. The minimum atomic E-state index is -0.635. The van der Waals surface area contributed by atoms with Crippen molar-refractivity contribution in [2.45, 2.75) is 26.0 Å². The highest BCUT2D eigenvalue weighted by Crippen LogP contribution is 2.21. The molecule has 0 fully saturated rings. The van der Waals surface area contributed by atoms with Crippen LogP contribution in [0.3, 0.4) is 0 Å². The molecule has 0 heterocycles. The van der Waals surface area contributed by atoms with Gasteiger partial charge in [0.2, 0.25) is 0 Å². The van der Waals surface area contributed by atoms with Crippen molar-refractivity contribution in [3.05, 3.63) is 78.1 Å². The SMILES string of the molecule is C[C@H](Oc1ccc2ccccc2c1)C(=O)N[C@@H](C)c1ccc(F)cc1. The number of hydrogen-bond acceptors (Lipinski definition) is 2. The molecule has 3 nitrogen and oxygen atoms in total. The highest BCUT2D eigenvalue weighted by molar-refractivity contribution is 5.84. The lowest BCUT2D eigenvalue weighted by molar-refractivity contribution is -0.127. The largest absolute Gasteiger partial charge is 0.481 e. The lowest BCUT2D eigenvalue weighted by atomic mass is 10.1. The van der Waals surface area contributed by atoms with E-state index < -0.39 is 6.10 Å². The molecule has 1 N–H and O–H groups in total. The van der Waals surface area contributed by atoms with Crippen molar-refractivity contribution in [2.75, 3.05) is 0 Å². The number of carbonyl (C=O) groups excluding carboxylic acids is 1. The Bertz CT molecular complexity index is 876. The summed E-state index contributed by atoms with van der Waals surface area (Å²) in [4.78, 5) is 12.4. The first-order chi connectivity index (χ1) is 12.0. The van der Waals surface area contributed by atoms with Gasteiger partial charge < -0.3 is 10.1 Å². The quantitative estimate of drug-likeness (QED) is 0.737. The second kappa shape index (κ2) is 7.34. The zero-order valence-electron chi connectivity index (χ0n) is 14.2. The van der Waals surface area contributed by atoms with Gasteiger partial charge in [-0.1, -0.05) is 42.5 Å². The number of fused-ring (bicyclic) bond motifs is 1. The topological polar surface area (TPSA) is 38.3 Å². The third-order valence-electron chi connectivity index (χ3n) is 4.13. The fraction of sp³-hybridized carbons (Fsp3) is 0.190. The van der Waals surface area contributed by atoms with Crippen molar-refractivity contribution >= 4 is 16.7 Å². The molecule has 2 atom stereocenters. The van der Waals surface area contributed by atoms with Crippen molar-refractivity contribution < 1.29 is 13.9 Å². The van der Waals surface area contributed by atoms with Gasteiger partial charge in [-0.3, -0.25) is 4.79 Å². The van der Waals surface area contributed by atoms with E-state index in [0.717, 1.165) is 16.3 Å². The summed E-state index contributed by atoms with van der Waals surface area (Å²) in [6, 6.07) is 19.6. The van der Waals surface area contributed by atoms with Gasteiger partial charge in [0.05, 0.1) is 6.04 Å². The van der Waals surface area contributed by atoms with E-state index in [2.05, 4.69) is 5.32 Å². The van der Waals surface area contributed by atoms with Crippen molar-refractivity contribution in [3.63, 3.8) is 0 Å². The second-order valence-corrected chi connectivity index (χ2v) is 6.05. The Hall–Kier alpha value is -2.88. The number of benzene rings is 3. The molecule has 1 amide bonds. The van der Waals surface area contributed by atoms with Crippen molar-refractivity contribution in [2.24, 2.45) is 0 Å². The average molecular weight is 337 g/mol. The molecule has 0 aromatic heterocycles. The van der Waals surface area contributed by atoms with Crippen molar-refractivity contribution in [1.82, 2.24) is 5.32 Å². The van der Waals surface area contributed by atoms with E-state index in [1.807, 2.05) is 49.4 Å². The summed E-state index contributed by atoms with van der Waals surface area (Å²) >= 11 is 0. The molecule has 3 aromatic rings. The van der Waals surface area contributed by atoms with Gasteiger partial charge in [0.25, 0.3) is 5.91 Å². The zero-order chi connectivity index (χ0) is 17.8. The summed E-state index contributed by atoms with van der Waals surface area (Å²) in [6.07, 6.45) is -0.635. The maximum absolute atomic E-state index is 13.0. The summed E-state index contributed by atoms with van der Waals surface area (Å²) in [5.41, 5.74) is 0.840. The van der Waals surface area contributed by atoms with Gasteiger partial charge in [0.15, 0.2) is 6.10 Å². The van der Waals surface area contributed by atoms with Crippen LogP contribution in [0.25, 0.3) is 10.8 Å². The number of nitrogens with one attached hydrogen (secondary N) is 1. The molecule has 128 valence electrons. The highest BCUT2D eigenvalue weighted by atomic mass is 19.1. The van der Waals surface area contributed by atoms with E-state index in [1.54, 1.807) is 19.1 Å². The molecule has 0 aliphatic heterocycles. The molecule has 0 radical (unpaired) electrons. The van der Waals surface area contributed by atoms with Crippen LogP contribution in [0.4, 0.5) is 4.39 Å². The third kappa shape index (κ3) is 4.15. The van der Waals surface area contributed by atoms with Crippen LogP contribution >= 0.6 is 0 Å². The van der Waals surface area contributed by atoms with Crippen LogP contribution in [-0.4, -0.2) is 12.0 Å². The van der Waals surface area contributed by atoms with Gasteiger partial charge in [-0.15, -0.1) is 0 Å². The van der Waals surface area contributed by atoms with Crippen LogP contribution in [0.15, 0.2) is 66.7 Å². The number of rotatable bonds is 5. The predicted octanol–water partition coefficient (Wildman–Crippen LogP) is 4.62. The normalized spacial score (nSPS) is 13.2. The van der Waals surface area contributed by atoms with Crippen molar-refractivity contribution in [1.29, 1.82) is 0 Å². The molecule has 0 bridgehead atoms. The summed E-state index contributed by atoms with van der Waals surface area (Å²) in [5, 5.41) is 5.07. The fourth-order valence-electron chi connectivity index (χ4n) is 2.66. The summed E-state index contributed by atoms with van der Waals surface area (Å²) in [5.74, 6) is 0.135. The molecule has 0 saturated carbocycles. The average Bonchev–Trinajstić information content (AvgIpc) is 2.62. The predicted molar refractivity (Wildman–Crippen MR) is 97.0 cm³/mol. The fourth-order valence-corrected chi connectivity index (χ4v) is 2.66. The van der Waals surface area contributed by atoms with E-state index in [9.17, 15) is 9.18 Å². The Morgan fingerprint density at radius 1 is 0.960 bits per heavy atom. The van der Waals surface area contributed by atoms with E-state index in [1.165, 1.54) is 12.1 Å². The van der Waals surface area contributed by atoms with E-state index in [-0.39, 0.29) is 17.8 Å². The van der Waals surface area contributed by atoms with Crippen molar-refractivity contribution in [3.8, 4) is 5.75 Å². The summed E-state index contributed by atoms with van der Waals surface area (Å²) in [6.45, 7) is 3.57. The Balaban J connectivity index is 1.64. The minimum Gasteiger partial charge on any atom is -0.481 e. The number of carbonyl (C=O) groups is 1. The van der Waals surface area contributed by atoms with Crippen LogP contribution in [0.5, 0.6) is 5.75 Å². The number of ether oxygens (including phenoxy) is 1. The molecule has 25 heavy (non-hydrogen) atoms. The lowest BCUT2D eigenvalue weighted by Crippen LogP contribution is -2.37. The second-order valence-electron chi connectivity index (χ2n) is 6.05. The highest BCUT2D eigenvalue weighted by Gasteiger charge is 2.18. The van der Waals surface area contributed by atoms with Gasteiger partial charge in [-0.05, 0) is 54.4 Å². The molecule has 4 heteroatoms. The van der Waals surface area contributed by atoms with Gasteiger partial charge in [-0.25, -0.2) is 4.39 Å². The Labute approximate surface area is 146 Å². The molecular formula is C21H20FNO2. The first kappa shape index (κ1) is 17.0. The lowest BCUT2D eigenvalue weighted by Gasteiger charge is -2.19. The van der Waals surface area contributed by atoms with Gasteiger partial charge in [0.1, 0.15) is 11.6 Å². The minimum absolute atomic E-state index is 0.218. The van der Waals surface area contributed by atoms with Crippen LogP contribution in [0, 0.1) is 5.82 Å². The maximum Gasteiger partial charge on any atom is 0.261 e. The van der Waals surface area contributed by atoms with Gasteiger partial charge >= 0.3 is 0 Å². The summed E-state index contributed by atoms with van der Waals surface area (Å²) < 4.78 is 18.8. The molecule has 3 aromatic carbocycles. The molecule has 0 unspecified atom stereocenters. The molecular weight excluding hydrogens is 317 g/mol. The smallest absolute Gasteiger partial charge is 0.261 e. The van der Waals surface area contributed by atoms with Crippen LogP contribution in [0.2, 0.25) is 0 Å². The van der Waals surface area contributed by atoms with E-state index in [0.29, 0.717) is 5.75 Å². The third-order valence-corrected chi connectivity index (χ3v) is 4.13. The number of amides is 1. The van der Waals surface area contributed by atoms with E-state index >= 15 is 0 Å². The van der Waals surface area contributed by atoms with Crippen LogP contribution in [-0.2, 0) is 4.79 Å². The standard InChI is InChI=1S/C21H20FNO2/c1-14(16-7-10-19(22)11-8-16)23-21(24)15(2)25-20-12-9-17-5-3-4-6-18(17)13-20/h3-15H,1-2H3,(H,23,24)/t14-,15-/m0/s1.